The van der Waals surface area contributed by atoms with Gasteiger partial charge in [-0.1, -0.05) is 109 Å². The molecule has 4 nitrogen and oxygen atoms in total. The van der Waals surface area contributed by atoms with E-state index in [2.05, 4.69) is 42.9 Å². The highest BCUT2D eigenvalue weighted by atomic mass is 19.4. The molecule has 0 radical (unpaired) electrons. The van der Waals surface area contributed by atoms with E-state index in [1.54, 1.807) is 24.3 Å². The molecule has 0 N–H and O–H groups in total. The predicted octanol–water partition coefficient (Wildman–Crippen LogP) is 12.5. The molecular weight excluding hydrogens is 702 g/mol. The molecule has 0 amide bonds. The molecule has 0 saturated heterocycles. The minimum absolute atomic E-state index is 0.222. The summed E-state index contributed by atoms with van der Waals surface area (Å²) in [6, 6.07) is 48.3. The zero-order chi connectivity index (χ0) is 37.7. The molecular formula is C44H32F6N2O2. The van der Waals surface area contributed by atoms with Crippen LogP contribution in [0.4, 0.5) is 26.3 Å². The van der Waals surface area contributed by atoms with Crippen LogP contribution in [0.3, 0.4) is 0 Å². The Balaban J connectivity index is 0.000000167. The van der Waals surface area contributed by atoms with Crippen molar-refractivity contribution in [2.24, 2.45) is 0 Å². The van der Waals surface area contributed by atoms with E-state index in [4.69, 9.17) is 0 Å². The number of halogens is 6. The molecule has 6 aromatic carbocycles. The molecule has 2 aromatic heterocycles. The molecule has 0 aliphatic rings. The van der Waals surface area contributed by atoms with Crippen LogP contribution < -0.4 is 9.47 Å². The Bertz CT molecular complexity index is 2280. The van der Waals surface area contributed by atoms with Gasteiger partial charge in [-0.15, -0.1) is 26.3 Å². The Morgan fingerprint density at radius 2 is 0.759 bits per heavy atom. The van der Waals surface area contributed by atoms with Gasteiger partial charge >= 0.3 is 12.7 Å². The van der Waals surface area contributed by atoms with Gasteiger partial charge in [0.25, 0.3) is 0 Å². The Hall–Kier alpha value is -6.42. The average Bonchev–Trinajstić information content (AvgIpc) is 3.76. The smallest absolute Gasteiger partial charge is 0.406 e. The summed E-state index contributed by atoms with van der Waals surface area (Å²) in [5.74, 6) is -0.444. The van der Waals surface area contributed by atoms with Gasteiger partial charge in [0.15, 0.2) is 0 Å². The molecule has 2 heterocycles. The SMILES string of the molecule is FC(F)(F)Oc1ccc(-c2cccc3c2ccn3Cc2ccccc2)cc1.FC(F)(F)Oc1ccc(-c2cccc3c2ccn3Cc2ccccc2)cc1. The Morgan fingerprint density at radius 3 is 1.11 bits per heavy atom. The van der Waals surface area contributed by atoms with Crippen molar-refractivity contribution >= 4 is 21.8 Å². The molecule has 0 saturated carbocycles. The highest BCUT2D eigenvalue weighted by molar-refractivity contribution is 5.96. The topological polar surface area (TPSA) is 28.3 Å². The van der Waals surface area contributed by atoms with E-state index in [-0.39, 0.29) is 11.5 Å². The summed E-state index contributed by atoms with van der Waals surface area (Å²) in [6.45, 7) is 1.51. The van der Waals surface area contributed by atoms with Crippen LogP contribution in [0.15, 0.2) is 170 Å². The van der Waals surface area contributed by atoms with Crippen molar-refractivity contribution in [2.75, 3.05) is 0 Å². The van der Waals surface area contributed by atoms with E-state index in [1.807, 2.05) is 97.3 Å². The summed E-state index contributed by atoms with van der Waals surface area (Å²) in [5, 5.41) is 2.11. The third-order valence-electron chi connectivity index (χ3n) is 8.82. The van der Waals surface area contributed by atoms with Crippen molar-refractivity contribution in [1.82, 2.24) is 9.13 Å². The van der Waals surface area contributed by atoms with E-state index in [9.17, 15) is 26.3 Å². The lowest BCUT2D eigenvalue weighted by atomic mass is 10.0. The van der Waals surface area contributed by atoms with Crippen LogP contribution in [0, 0.1) is 0 Å². The third-order valence-corrected chi connectivity index (χ3v) is 8.82. The summed E-state index contributed by atoms with van der Waals surface area (Å²) < 4.78 is 86.2. The second kappa shape index (κ2) is 15.3. The number of hydrogen-bond donors (Lipinski definition) is 0. The molecule has 8 rings (SSSR count). The number of ether oxygens (including phenoxy) is 2. The Morgan fingerprint density at radius 1 is 0.389 bits per heavy atom. The third kappa shape index (κ3) is 8.78. The van der Waals surface area contributed by atoms with Crippen molar-refractivity contribution in [3.05, 3.63) is 181 Å². The first-order valence-corrected chi connectivity index (χ1v) is 16.9. The van der Waals surface area contributed by atoms with Crippen LogP contribution in [0.2, 0.25) is 0 Å². The first-order chi connectivity index (χ1) is 26.0. The molecule has 0 aliphatic heterocycles. The minimum Gasteiger partial charge on any atom is -0.406 e. The van der Waals surface area contributed by atoms with E-state index >= 15 is 0 Å². The molecule has 0 fully saturated rings. The van der Waals surface area contributed by atoms with Gasteiger partial charge in [0.2, 0.25) is 0 Å². The largest absolute Gasteiger partial charge is 0.573 e. The molecule has 0 unspecified atom stereocenters. The van der Waals surface area contributed by atoms with Gasteiger partial charge in [0, 0.05) is 47.3 Å². The lowest BCUT2D eigenvalue weighted by molar-refractivity contribution is -0.275. The van der Waals surface area contributed by atoms with Crippen LogP contribution in [0.25, 0.3) is 44.1 Å². The van der Waals surface area contributed by atoms with Crippen LogP contribution in [-0.2, 0) is 13.1 Å². The van der Waals surface area contributed by atoms with Gasteiger partial charge in [-0.05, 0) is 81.9 Å². The minimum atomic E-state index is -4.68. The summed E-state index contributed by atoms with van der Waals surface area (Å²) in [7, 11) is 0. The zero-order valence-corrected chi connectivity index (χ0v) is 28.6. The summed E-state index contributed by atoms with van der Waals surface area (Å²) >= 11 is 0. The van der Waals surface area contributed by atoms with E-state index in [0.717, 1.165) is 57.1 Å². The number of rotatable bonds is 8. The molecule has 8 aromatic rings. The molecule has 0 aliphatic carbocycles. The zero-order valence-electron chi connectivity index (χ0n) is 28.6. The van der Waals surface area contributed by atoms with Gasteiger partial charge in [-0.2, -0.15) is 0 Å². The van der Waals surface area contributed by atoms with Crippen LogP contribution >= 0.6 is 0 Å². The molecule has 0 spiro atoms. The van der Waals surface area contributed by atoms with Gasteiger partial charge < -0.3 is 18.6 Å². The maximum atomic E-state index is 12.3. The van der Waals surface area contributed by atoms with Gasteiger partial charge in [-0.3, -0.25) is 0 Å². The lowest BCUT2D eigenvalue weighted by Crippen LogP contribution is -2.16. The fourth-order valence-corrected chi connectivity index (χ4v) is 6.46. The van der Waals surface area contributed by atoms with E-state index < -0.39 is 12.7 Å². The lowest BCUT2D eigenvalue weighted by Gasteiger charge is -2.10. The molecule has 0 atom stereocenters. The maximum absolute atomic E-state index is 12.3. The van der Waals surface area contributed by atoms with E-state index in [0.29, 0.717) is 0 Å². The van der Waals surface area contributed by atoms with Gasteiger partial charge in [0.05, 0.1) is 0 Å². The first-order valence-electron chi connectivity index (χ1n) is 16.9. The normalized spacial score (nSPS) is 11.7. The summed E-state index contributed by atoms with van der Waals surface area (Å²) in [6.07, 6.45) is -5.31. The quantitative estimate of drug-likeness (QED) is 0.145. The standard InChI is InChI=1S/2C22H16F3NO/c2*23-22(24,25)27-18-11-9-17(10-12-18)19-7-4-8-21-20(19)13-14-26(21)15-16-5-2-1-3-6-16/h2*1-14H,15H2. The van der Waals surface area contributed by atoms with Crippen molar-refractivity contribution in [1.29, 1.82) is 0 Å². The molecule has 54 heavy (non-hydrogen) atoms. The Kier molecular flexibility index (Phi) is 10.2. The fraction of sp³-hybridized carbons (Fsp3) is 0.0909. The number of benzene rings is 6. The summed E-state index contributed by atoms with van der Waals surface area (Å²) in [4.78, 5) is 0. The first kappa shape index (κ1) is 36.0. The molecule has 272 valence electrons. The number of fused-ring (bicyclic) bond motifs is 2. The van der Waals surface area contributed by atoms with Crippen molar-refractivity contribution in [3.63, 3.8) is 0 Å². The molecule has 0 bridgehead atoms. The fourth-order valence-electron chi connectivity index (χ4n) is 6.46. The second-order valence-corrected chi connectivity index (χ2v) is 12.5. The summed E-state index contributed by atoms with van der Waals surface area (Å²) in [5.41, 5.74) is 8.18. The second-order valence-electron chi connectivity index (χ2n) is 12.5. The number of alkyl halides is 6. The van der Waals surface area contributed by atoms with Crippen molar-refractivity contribution < 1.29 is 35.8 Å². The van der Waals surface area contributed by atoms with Crippen LogP contribution in [-0.4, -0.2) is 21.9 Å². The number of aromatic nitrogens is 2. The predicted molar refractivity (Wildman–Crippen MR) is 199 cm³/mol. The maximum Gasteiger partial charge on any atom is 0.573 e. The van der Waals surface area contributed by atoms with Gasteiger partial charge in [-0.25, -0.2) is 0 Å². The van der Waals surface area contributed by atoms with E-state index in [1.165, 1.54) is 35.4 Å². The Labute approximate surface area is 307 Å². The molecule has 10 heteroatoms. The average molecular weight is 735 g/mol. The van der Waals surface area contributed by atoms with Crippen molar-refractivity contribution in [3.8, 4) is 33.8 Å². The van der Waals surface area contributed by atoms with Crippen molar-refractivity contribution in [2.45, 2.75) is 25.8 Å². The van der Waals surface area contributed by atoms with Crippen LogP contribution in [0.5, 0.6) is 11.5 Å². The highest BCUT2D eigenvalue weighted by Crippen LogP contribution is 2.34. The number of hydrogen-bond acceptors (Lipinski definition) is 2. The highest BCUT2D eigenvalue weighted by Gasteiger charge is 2.31. The van der Waals surface area contributed by atoms with Gasteiger partial charge in [0.1, 0.15) is 11.5 Å². The number of nitrogens with zero attached hydrogens (tertiary/aromatic N) is 2. The van der Waals surface area contributed by atoms with Crippen LogP contribution in [0.1, 0.15) is 11.1 Å². The monoisotopic (exact) mass is 734 g/mol.